The molecular formula is C11H12N2O4. The Morgan fingerprint density at radius 1 is 1.35 bits per heavy atom. The number of hydrogen-bond acceptors (Lipinski definition) is 4. The number of carbonyl (C=O) groups is 1. The number of anilines is 1. The van der Waals surface area contributed by atoms with Crippen LogP contribution in [0.2, 0.25) is 0 Å². The first-order valence-electron chi connectivity index (χ1n) is 5.14. The zero-order chi connectivity index (χ0) is 12.6. The predicted octanol–water partition coefficient (Wildman–Crippen LogP) is 1.90. The summed E-state index contributed by atoms with van der Waals surface area (Å²) < 4.78 is 0. The average Bonchev–Trinajstić information content (AvgIpc) is 2.55. The summed E-state index contributed by atoms with van der Waals surface area (Å²) in [6.07, 6.45) is 0. The summed E-state index contributed by atoms with van der Waals surface area (Å²) in [5.74, 6) is -0.147. The van der Waals surface area contributed by atoms with Crippen LogP contribution in [-0.2, 0) is 9.63 Å². The van der Waals surface area contributed by atoms with Crippen LogP contribution in [-0.4, -0.2) is 17.4 Å². The summed E-state index contributed by atoms with van der Waals surface area (Å²) in [6.45, 7) is 3.89. The van der Waals surface area contributed by atoms with Crippen molar-refractivity contribution in [3.05, 3.63) is 34.4 Å². The fraction of sp³-hybridized carbons (Fsp3) is 0.364. The standard InChI is InChI=1S/C11H12N2O4/c1-11(2)7-17-12(10(11)14)8-3-5-9(6-4-8)13(15)16/h3-6H,7H2,1-2H3. The van der Waals surface area contributed by atoms with E-state index in [-0.39, 0.29) is 11.6 Å². The molecule has 0 atom stereocenters. The molecule has 0 aliphatic carbocycles. The van der Waals surface area contributed by atoms with Crippen molar-refractivity contribution in [3.63, 3.8) is 0 Å². The number of nitro benzene ring substituents is 1. The van der Waals surface area contributed by atoms with Gasteiger partial charge in [-0.25, -0.2) is 0 Å². The summed E-state index contributed by atoms with van der Waals surface area (Å²) >= 11 is 0. The molecule has 0 aromatic heterocycles. The van der Waals surface area contributed by atoms with Crippen molar-refractivity contribution in [1.82, 2.24) is 0 Å². The van der Waals surface area contributed by atoms with Crippen LogP contribution in [0.5, 0.6) is 0 Å². The van der Waals surface area contributed by atoms with Crippen molar-refractivity contribution in [2.75, 3.05) is 11.7 Å². The van der Waals surface area contributed by atoms with E-state index < -0.39 is 10.3 Å². The number of benzene rings is 1. The Kier molecular flexibility index (Phi) is 2.59. The molecule has 1 aromatic rings. The third kappa shape index (κ3) is 1.99. The summed E-state index contributed by atoms with van der Waals surface area (Å²) in [7, 11) is 0. The second kappa shape index (κ2) is 3.81. The molecule has 0 bridgehead atoms. The van der Waals surface area contributed by atoms with E-state index in [9.17, 15) is 14.9 Å². The molecule has 0 radical (unpaired) electrons. The first-order valence-corrected chi connectivity index (χ1v) is 5.14. The van der Waals surface area contributed by atoms with Crippen LogP contribution in [0, 0.1) is 15.5 Å². The van der Waals surface area contributed by atoms with Crippen molar-refractivity contribution in [2.45, 2.75) is 13.8 Å². The van der Waals surface area contributed by atoms with Gasteiger partial charge in [0.15, 0.2) is 0 Å². The maximum Gasteiger partial charge on any atom is 0.269 e. The number of amides is 1. The van der Waals surface area contributed by atoms with Crippen LogP contribution < -0.4 is 5.06 Å². The number of nitro groups is 1. The summed E-state index contributed by atoms with van der Waals surface area (Å²) in [5, 5.41) is 11.7. The number of nitrogens with zero attached hydrogens (tertiary/aromatic N) is 2. The van der Waals surface area contributed by atoms with Crippen molar-refractivity contribution in [2.24, 2.45) is 5.41 Å². The number of hydroxylamine groups is 1. The van der Waals surface area contributed by atoms with E-state index in [0.717, 1.165) is 0 Å². The third-order valence-electron chi connectivity index (χ3n) is 2.61. The lowest BCUT2D eigenvalue weighted by Crippen LogP contribution is -2.30. The highest BCUT2D eigenvalue weighted by molar-refractivity contribution is 5.97. The van der Waals surface area contributed by atoms with Gasteiger partial charge < -0.3 is 0 Å². The number of rotatable bonds is 2. The normalized spacial score (nSPS) is 18.5. The summed E-state index contributed by atoms with van der Waals surface area (Å²) in [5.41, 5.74) is -0.0623. The van der Waals surface area contributed by atoms with E-state index in [2.05, 4.69) is 0 Å². The summed E-state index contributed by atoms with van der Waals surface area (Å²) in [6, 6.07) is 5.68. The maximum absolute atomic E-state index is 11.9. The van der Waals surface area contributed by atoms with Crippen molar-refractivity contribution >= 4 is 17.3 Å². The Morgan fingerprint density at radius 2 is 1.94 bits per heavy atom. The molecule has 6 heteroatoms. The molecule has 0 spiro atoms. The van der Waals surface area contributed by atoms with Crippen LogP contribution in [0.4, 0.5) is 11.4 Å². The highest BCUT2D eigenvalue weighted by Gasteiger charge is 2.41. The number of hydrogen-bond donors (Lipinski definition) is 0. The molecule has 1 saturated heterocycles. The molecule has 0 N–H and O–H groups in total. The van der Waals surface area contributed by atoms with Crippen LogP contribution in [0.1, 0.15) is 13.8 Å². The van der Waals surface area contributed by atoms with Gasteiger partial charge in [-0.2, -0.15) is 5.06 Å². The lowest BCUT2D eigenvalue weighted by molar-refractivity contribution is -0.384. The molecule has 17 heavy (non-hydrogen) atoms. The van der Waals surface area contributed by atoms with E-state index in [0.29, 0.717) is 12.3 Å². The molecular weight excluding hydrogens is 224 g/mol. The number of carbonyl (C=O) groups excluding carboxylic acids is 1. The molecule has 0 unspecified atom stereocenters. The van der Waals surface area contributed by atoms with Gasteiger partial charge in [0.2, 0.25) is 0 Å². The Hall–Kier alpha value is -1.95. The van der Waals surface area contributed by atoms with Crippen molar-refractivity contribution < 1.29 is 14.6 Å². The van der Waals surface area contributed by atoms with Gasteiger partial charge in [0.1, 0.15) is 0 Å². The molecule has 90 valence electrons. The van der Waals surface area contributed by atoms with Gasteiger partial charge in [-0.3, -0.25) is 19.7 Å². The van der Waals surface area contributed by atoms with E-state index in [4.69, 9.17) is 4.84 Å². The van der Waals surface area contributed by atoms with Crippen molar-refractivity contribution in [1.29, 1.82) is 0 Å². The topological polar surface area (TPSA) is 72.7 Å². The third-order valence-corrected chi connectivity index (χ3v) is 2.61. The van der Waals surface area contributed by atoms with E-state index >= 15 is 0 Å². The van der Waals surface area contributed by atoms with Gasteiger partial charge in [0, 0.05) is 12.1 Å². The molecule has 1 amide bonds. The van der Waals surface area contributed by atoms with Crippen LogP contribution in [0.25, 0.3) is 0 Å². The molecule has 1 aliphatic heterocycles. The Labute approximate surface area is 97.9 Å². The Balaban J connectivity index is 2.25. The smallest absolute Gasteiger partial charge is 0.269 e. The second-order valence-electron chi connectivity index (χ2n) is 4.53. The van der Waals surface area contributed by atoms with E-state index in [1.807, 2.05) is 0 Å². The minimum absolute atomic E-state index is 0.0142. The van der Waals surface area contributed by atoms with Gasteiger partial charge in [-0.05, 0) is 26.0 Å². The highest BCUT2D eigenvalue weighted by atomic mass is 16.7. The zero-order valence-electron chi connectivity index (χ0n) is 9.54. The second-order valence-corrected chi connectivity index (χ2v) is 4.53. The van der Waals surface area contributed by atoms with Gasteiger partial charge in [-0.1, -0.05) is 0 Å². The molecule has 1 aromatic carbocycles. The average molecular weight is 236 g/mol. The van der Waals surface area contributed by atoms with Gasteiger partial charge >= 0.3 is 0 Å². The Morgan fingerprint density at radius 3 is 2.35 bits per heavy atom. The molecule has 1 fully saturated rings. The maximum atomic E-state index is 11.9. The zero-order valence-corrected chi connectivity index (χ0v) is 9.54. The first-order chi connectivity index (χ1) is 7.92. The van der Waals surface area contributed by atoms with Crippen LogP contribution in [0.15, 0.2) is 24.3 Å². The van der Waals surface area contributed by atoms with E-state index in [1.165, 1.54) is 29.3 Å². The fourth-order valence-electron chi connectivity index (χ4n) is 1.52. The minimum Gasteiger partial charge on any atom is -0.271 e. The number of non-ortho nitro benzene ring substituents is 1. The largest absolute Gasteiger partial charge is 0.271 e. The summed E-state index contributed by atoms with van der Waals surface area (Å²) in [4.78, 5) is 27.2. The SMILES string of the molecule is CC1(C)CON(c2ccc([N+](=O)[O-])cc2)C1=O. The van der Waals surface area contributed by atoms with E-state index in [1.54, 1.807) is 13.8 Å². The van der Waals surface area contributed by atoms with Gasteiger partial charge in [0.05, 0.1) is 22.6 Å². The molecule has 1 aliphatic rings. The lowest BCUT2D eigenvalue weighted by atomic mass is 9.95. The molecule has 0 saturated carbocycles. The Bertz CT molecular complexity index is 467. The van der Waals surface area contributed by atoms with Gasteiger partial charge in [0.25, 0.3) is 11.6 Å². The molecule has 1 heterocycles. The minimum atomic E-state index is -0.554. The van der Waals surface area contributed by atoms with Crippen LogP contribution in [0.3, 0.4) is 0 Å². The first kappa shape index (κ1) is 11.5. The van der Waals surface area contributed by atoms with Crippen LogP contribution >= 0.6 is 0 Å². The molecule has 2 rings (SSSR count). The predicted molar refractivity (Wildman–Crippen MR) is 60.3 cm³/mol. The van der Waals surface area contributed by atoms with Gasteiger partial charge in [-0.15, -0.1) is 0 Å². The lowest BCUT2D eigenvalue weighted by Gasteiger charge is -2.15. The highest BCUT2D eigenvalue weighted by Crippen LogP contribution is 2.31. The fourth-order valence-corrected chi connectivity index (χ4v) is 1.52. The monoisotopic (exact) mass is 236 g/mol. The quantitative estimate of drug-likeness (QED) is 0.580. The van der Waals surface area contributed by atoms with Crippen molar-refractivity contribution in [3.8, 4) is 0 Å². The molecule has 6 nitrogen and oxygen atoms in total.